The molecule has 0 N–H and O–H groups in total. The standard InChI is InChI=1S/C20H26Br3NO6/c1-8-28-16(25)12-9-13(21)11(15(22)23)10-14(12)24(17(26)29-19(2,3)4)18(27)30-20(5,6)7/h9-10,15H,8H2,1-7H3. The summed E-state index contributed by atoms with van der Waals surface area (Å²) in [6.07, 6.45) is -1.95. The Labute approximate surface area is 202 Å². The number of esters is 1. The monoisotopic (exact) mass is 613 g/mol. The van der Waals surface area contributed by atoms with E-state index in [-0.39, 0.29) is 21.6 Å². The fourth-order valence-corrected chi connectivity index (χ4v) is 4.13. The number of alkyl halides is 2. The van der Waals surface area contributed by atoms with Gasteiger partial charge < -0.3 is 14.2 Å². The quantitative estimate of drug-likeness (QED) is 0.204. The Hall–Kier alpha value is -1.13. The SMILES string of the molecule is CCOC(=O)c1cc(Br)c(C(Br)Br)cc1N(C(=O)OC(C)(C)C)C(=O)OC(C)(C)C. The van der Waals surface area contributed by atoms with Gasteiger partial charge >= 0.3 is 18.2 Å². The molecule has 0 aliphatic rings. The van der Waals surface area contributed by atoms with Crippen LogP contribution in [0.4, 0.5) is 15.3 Å². The number of ether oxygens (including phenoxy) is 3. The molecule has 0 heterocycles. The molecule has 1 rings (SSSR count). The minimum absolute atomic E-state index is 0.00448. The molecule has 0 unspecified atom stereocenters. The summed E-state index contributed by atoms with van der Waals surface area (Å²) in [5.41, 5.74) is -1.14. The molecular formula is C20H26Br3NO6. The molecule has 1 aromatic rings. The van der Waals surface area contributed by atoms with Gasteiger partial charge in [0.2, 0.25) is 0 Å². The van der Waals surface area contributed by atoms with Crippen LogP contribution in [-0.4, -0.2) is 36.0 Å². The predicted octanol–water partition coefficient (Wildman–Crippen LogP) is 7.09. The van der Waals surface area contributed by atoms with Gasteiger partial charge in [-0.3, -0.25) is 0 Å². The van der Waals surface area contributed by atoms with Crippen LogP contribution >= 0.6 is 47.8 Å². The van der Waals surface area contributed by atoms with Gasteiger partial charge in [-0.15, -0.1) is 0 Å². The number of carbonyl (C=O) groups excluding carboxylic acids is 3. The van der Waals surface area contributed by atoms with E-state index in [1.807, 2.05) is 0 Å². The fourth-order valence-electron chi connectivity index (χ4n) is 2.19. The highest BCUT2D eigenvalue weighted by Gasteiger charge is 2.36. The largest absolute Gasteiger partial charge is 0.462 e. The van der Waals surface area contributed by atoms with Crippen molar-refractivity contribution in [3.05, 3.63) is 27.7 Å². The molecule has 168 valence electrons. The summed E-state index contributed by atoms with van der Waals surface area (Å²) in [6.45, 7) is 11.8. The van der Waals surface area contributed by atoms with Crippen LogP contribution < -0.4 is 4.90 Å². The van der Waals surface area contributed by atoms with E-state index in [0.29, 0.717) is 14.9 Å². The van der Waals surface area contributed by atoms with Gasteiger partial charge in [-0.25, -0.2) is 14.4 Å². The molecule has 0 aromatic heterocycles. The third-order valence-corrected chi connectivity index (χ3v) is 4.91. The summed E-state index contributed by atoms with van der Waals surface area (Å²) in [6, 6.07) is 3.00. The topological polar surface area (TPSA) is 82.1 Å². The first kappa shape index (κ1) is 26.9. The zero-order valence-corrected chi connectivity index (χ0v) is 22.7. The van der Waals surface area contributed by atoms with Crippen LogP contribution in [0.3, 0.4) is 0 Å². The highest BCUT2D eigenvalue weighted by atomic mass is 79.9. The second-order valence-corrected chi connectivity index (χ2v) is 12.1. The number of amides is 2. The maximum Gasteiger partial charge on any atom is 0.424 e. The second kappa shape index (κ2) is 10.5. The van der Waals surface area contributed by atoms with Gasteiger partial charge in [-0.2, -0.15) is 4.90 Å². The summed E-state index contributed by atoms with van der Waals surface area (Å²) in [4.78, 5) is 39.3. The molecule has 1 aromatic carbocycles. The van der Waals surface area contributed by atoms with E-state index in [1.54, 1.807) is 48.5 Å². The second-order valence-electron chi connectivity index (χ2n) is 8.21. The van der Waals surface area contributed by atoms with Crippen LogP contribution in [0, 0.1) is 0 Å². The first-order valence-electron chi connectivity index (χ1n) is 9.12. The summed E-state index contributed by atoms with van der Waals surface area (Å²) >= 11 is 10.2. The predicted molar refractivity (Wildman–Crippen MR) is 126 cm³/mol. The molecule has 0 fully saturated rings. The molecule has 30 heavy (non-hydrogen) atoms. The lowest BCUT2D eigenvalue weighted by molar-refractivity contribution is 0.0430. The Morgan fingerprint density at radius 2 is 1.43 bits per heavy atom. The number of hydrogen-bond donors (Lipinski definition) is 0. The molecule has 10 heteroatoms. The zero-order chi connectivity index (χ0) is 23.4. The van der Waals surface area contributed by atoms with Gasteiger partial charge in [0.1, 0.15) is 11.2 Å². The molecule has 0 saturated heterocycles. The number of anilines is 1. The van der Waals surface area contributed by atoms with Crippen LogP contribution in [0.25, 0.3) is 0 Å². The van der Waals surface area contributed by atoms with Crippen molar-refractivity contribution in [2.24, 2.45) is 0 Å². The highest BCUT2D eigenvalue weighted by molar-refractivity contribution is 9.24. The van der Waals surface area contributed by atoms with Crippen LogP contribution in [0.5, 0.6) is 0 Å². The number of imide groups is 1. The number of hydrogen-bond acceptors (Lipinski definition) is 6. The molecule has 7 nitrogen and oxygen atoms in total. The maximum absolute atomic E-state index is 13.0. The number of nitrogens with zero attached hydrogens (tertiary/aromatic N) is 1. The van der Waals surface area contributed by atoms with Crippen molar-refractivity contribution in [3.8, 4) is 0 Å². The molecule has 0 aliphatic carbocycles. The van der Waals surface area contributed by atoms with Crippen LogP contribution in [0.2, 0.25) is 0 Å². The molecule has 0 bridgehead atoms. The minimum Gasteiger partial charge on any atom is -0.462 e. The van der Waals surface area contributed by atoms with Crippen molar-refractivity contribution < 1.29 is 28.6 Å². The lowest BCUT2D eigenvalue weighted by Gasteiger charge is -2.29. The van der Waals surface area contributed by atoms with Gasteiger partial charge in [0.25, 0.3) is 0 Å². The summed E-state index contributed by atoms with van der Waals surface area (Å²) in [5, 5.41) is 0. The van der Waals surface area contributed by atoms with Gasteiger partial charge in [0.15, 0.2) is 0 Å². The smallest absolute Gasteiger partial charge is 0.424 e. The van der Waals surface area contributed by atoms with E-state index in [0.717, 1.165) is 0 Å². The van der Waals surface area contributed by atoms with E-state index < -0.39 is 29.4 Å². The van der Waals surface area contributed by atoms with Crippen molar-refractivity contribution in [1.82, 2.24) is 0 Å². The van der Waals surface area contributed by atoms with Gasteiger partial charge in [0, 0.05) is 4.47 Å². The van der Waals surface area contributed by atoms with Crippen molar-refractivity contribution in [2.45, 2.75) is 63.4 Å². The Morgan fingerprint density at radius 3 is 1.80 bits per heavy atom. The van der Waals surface area contributed by atoms with Crippen molar-refractivity contribution in [1.29, 1.82) is 0 Å². The van der Waals surface area contributed by atoms with Crippen LogP contribution in [0.1, 0.15) is 68.1 Å². The molecular weight excluding hydrogens is 590 g/mol. The highest BCUT2D eigenvalue weighted by Crippen LogP contribution is 2.39. The zero-order valence-electron chi connectivity index (χ0n) is 18.0. The molecule has 0 spiro atoms. The van der Waals surface area contributed by atoms with E-state index >= 15 is 0 Å². The lowest BCUT2D eigenvalue weighted by Crippen LogP contribution is -2.44. The molecule has 0 radical (unpaired) electrons. The van der Waals surface area contributed by atoms with E-state index in [4.69, 9.17) is 14.2 Å². The third kappa shape index (κ3) is 7.85. The molecule has 2 amide bonds. The Morgan fingerprint density at radius 1 is 0.967 bits per heavy atom. The lowest BCUT2D eigenvalue weighted by atomic mass is 10.1. The van der Waals surface area contributed by atoms with E-state index in [9.17, 15) is 14.4 Å². The molecule has 0 aliphatic heterocycles. The van der Waals surface area contributed by atoms with Gasteiger partial charge in [0.05, 0.1) is 21.6 Å². The molecule has 0 atom stereocenters. The maximum atomic E-state index is 13.0. The van der Waals surface area contributed by atoms with E-state index in [1.165, 1.54) is 12.1 Å². The summed E-state index contributed by atoms with van der Waals surface area (Å²) in [5.74, 6) is -0.697. The Balaban J connectivity index is 3.73. The normalized spacial score (nSPS) is 11.8. The first-order valence-corrected chi connectivity index (χ1v) is 11.7. The number of rotatable bonds is 4. The van der Waals surface area contributed by atoms with Crippen LogP contribution in [-0.2, 0) is 14.2 Å². The van der Waals surface area contributed by atoms with Crippen molar-refractivity contribution in [2.75, 3.05) is 11.5 Å². The Bertz CT molecular complexity index is 784. The average molecular weight is 616 g/mol. The van der Waals surface area contributed by atoms with Crippen molar-refractivity contribution >= 4 is 71.6 Å². The molecule has 0 saturated carbocycles. The average Bonchev–Trinajstić information content (AvgIpc) is 2.52. The summed E-state index contributed by atoms with van der Waals surface area (Å²) < 4.78 is 16.2. The van der Waals surface area contributed by atoms with E-state index in [2.05, 4.69) is 47.8 Å². The van der Waals surface area contributed by atoms with Crippen molar-refractivity contribution in [3.63, 3.8) is 0 Å². The summed E-state index contributed by atoms with van der Waals surface area (Å²) in [7, 11) is 0. The number of halogens is 3. The van der Waals surface area contributed by atoms with Gasteiger partial charge in [-0.1, -0.05) is 47.8 Å². The van der Waals surface area contributed by atoms with Crippen LogP contribution in [0.15, 0.2) is 16.6 Å². The first-order chi connectivity index (χ1) is 13.6. The number of carbonyl (C=O) groups is 3. The third-order valence-electron chi connectivity index (χ3n) is 3.24. The fraction of sp³-hybridized carbons (Fsp3) is 0.550. The minimum atomic E-state index is -0.976. The number of benzene rings is 1. The Kier molecular flexibility index (Phi) is 9.38. The van der Waals surface area contributed by atoms with Gasteiger partial charge in [-0.05, 0) is 66.2 Å².